The molecule has 96 valence electrons. The second-order valence-electron chi connectivity index (χ2n) is 4.21. The van der Waals surface area contributed by atoms with Crippen LogP contribution in [0.3, 0.4) is 0 Å². The maximum absolute atomic E-state index is 12.4. The zero-order valence-electron chi connectivity index (χ0n) is 9.90. The van der Waals surface area contributed by atoms with Crippen molar-refractivity contribution < 1.29 is 8.42 Å². The van der Waals surface area contributed by atoms with E-state index in [0.29, 0.717) is 17.8 Å². The quantitative estimate of drug-likeness (QED) is 0.832. The van der Waals surface area contributed by atoms with Crippen LogP contribution in [0.5, 0.6) is 0 Å². The van der Waals surface area contributed by atoms with Crippen molar-refractivity contribution >= 4 is 21.6 Å². The van der Waals surface area contributed by atoms with E-state index in [1.807, 2.05) is 6.92 Å². The fourth-order valence-corrected chi connectivity index (χ4v) is 4.17. The number of hydrogen-bond donors (Lipinski definition) is 1. The van der Waals surface area contributed by atoms with E-state index in [0.717, 1.165) is 12.8 Å². The molecule has 1 N–H and O–H groups in total. The van der Waals surface area contributed by atoms with E-state index < -0.39 is 10.0 Å². The van der Waals surface area contributed by atoms with E-state index in [1.165, 1.54) is 4.31 Å². The molecule has 0 bridgehead atoms. The molecule has 5 nitrogen and oxygen atoms in total. The number of aromatic nitrogens is 2. The average molecular weight is 278 g/mol. The fraction of sp³-hybridized carbons (Fsp3) is 0.700. The van der Waals surface area contributed by atoms with Crippen molar-refractivity contribution in [1.29, 1.82) is 0 Å². The van der Waals surface area contributed by atoms with Crippen molar-refractivity contribution in [3.63, 3.8) is 0 Å². The van der Waals surface area contributed by atoms with Crippen molar-refractivity contribution in [3.05, 3.63) is 11.3 Å². The standard InChI is InChI=1S/C10H16ClN3O2S/c1-3-14(8-4-5-8)17(15,16)10-9(6-11)7(2)12-13-10/h8H,3-6H2,1-2H3,(H,12,13). The van der Waals surface area contributed by atoms with Crippen LogP contribution in [0.2, 0.25) is 0 Å². The molecule has 0 amide bonds. The van der Waals surface area contributed by atoms with E-state index in [9.17, 15) is 8.42 Å². The molecule has 1 aliphatic carbocycles. The van der Waals surface area contributed by atoms with E-state index in [4.69, 9.17) is 11.6 Å². The summed E-state index contributed by atoms with van der Waals surface area (Å²) >= 11 is 5.78. The molecule has 0 radical (unpaired) electrons. The molecule has 0 atom stereocenters. The molecule has 1 heterocycles. The lowest BCUT2D eigenvalue weighted by molar-refractivity contribution is 0.418. The van der Waals surface area contributed by atoms with Gasteiger partial charge in [0.2, 0.25) is 0 Å². The Kier molecular flexibility index (Phi) is 3.47. The van der Waals surface area contributed by atoms with Crippen LogP contribution in [0.1, 0.15) is 31.0 Å². The summed E-state index contributed by atoms with van der Waals surface area (Å²) in [7, 11) is -3.50. The van der Waals surface area contributed by atoms with Gasteiger partial charge in [0.1, 0.15) is 0 Å². The number of sulfonamides is 1. The normalized spacial score (nSPS) is 16.7. The van der Waals surface area contributed by atoms with Gasteiger partial charge in [0, 0.05) is 23.8 Å². The predicted octanol–water partition coefficient (Wildman–Crippen LogP) is 1.63. The minimum Gasteiger partial charge on any atom is -0.281 e. The van der Waals surface area contributed by atoms with Crippen molar-refractivity contribution in [1.82, 2.24) is 14.5 Å². The number of hydrogen-bond acceptors (Lipinski definition) is 3. The van der Waals surface area contributed by atoms with Crippen molar-refractivity contribution in [2.24, 2.45) is 0 Å². The van der Waals surface area contributed by atoms with Gasteiger partial charge < -0.3 is 0 Å². The SMILES string of the molecule is CCN(C1CC1)S(=O)(=O)c1n[nH]c(C)c1CCl. The molecule has 2 rings (SSSR count). The van der Waals surface area contributed by atoms with E-state index in [-0.39, 0.29) is 16.9 Å². The Morgan fingerprint density at radius 1 is 1.53 bits per heavy atom. The number of aromatic amines is 1. The second kappa shape index (κ2) is 4.59. The number of aryl methyl sites for hydroxylation is 1. The average Bonchev–Trinajstić information content (AvgIpc) is 3.01. The molecule has 1 aliphatic rings. The van der Waals surface area contributed by atoms with Gasteiger partial charge in [0.25, 0.3) is 10.0 Å². The summed E-state index contributed by atoms with van der Waals surface area (Å²) in [6.07, 6.45) is 1.87. The van der Waals surface area contributed by atoms with Crippen LogP contribution < -0.4 is 0 Å². The molecule has 0 unspecified atom stereocenters. The van der Waals surface area contributed by atoms with Crippen LogP contribution in [0.4, 0.5) is 0 Å². The van der Waals surface area contributed by atoms with Gasteiger partial charge in [-0.05, 0) is 19.8 Å². The van der Waals surface area contributed by atoms with Gasteiger partial charge in [-0.2, -0.15) is 9.40 Å². The molecule has 7 heteroatoms. The Morgan fingerprint density at radius 3 is 2.65 bits per heavy atom. The van der Waals surface area contributed by atoms with Crippen LogP contribution in [-0.2, 0) is 15.9 Å². The number of rotatable bonds is 5. The summed E-state index contributed by atoms with van der Waals surface area (Å²) in [6.45, 7) is 4.09. The highest BCUT2D eigenvalue weighted by molar-refractivity contribution is 7.89. The minimum absolute atomic E-state index is 0.0822. The Morgan fingerprint density at radius 2 is 2.18 bits per heavy atom. The number of nitrogens with one attached hydrogen (secondary N) is 1. The molecule has 1 aromatic rings. The summed E-state index contributed by atoms with van der Waals surface area (Å²) in [5.74, 6) is 0.152. The highest BCUT2D eigenvalue weighted by Gasteiger charge is 2.39. The van der Waals surface area contributed by atoms with Crippen LogP contribution in [0.25, 0.3) is 0 Å². The van der Waals surface area contributed by atoms with E-state index in [1.54, 1.807) is 6.92 Å². The van der Waals surface area contributed by atoms with Crippen molar-refractivity contribution in [2.75, 3.05) is 6.54 Å². The number of nitrogens with zero attached hydrogens (tertiary/aromatic N) is 2. The van der Waals surface area contributed by atoms with Gasteiger partial charge >= 0.3 is 0 Å². The largest absolute Gasteiger partial charge is 0.281 e. The minimum atomic E-state index is -3.50. The van der Waals surface area contributed by atoms with Crippen molar-refractivity contribution in [2.45, 2.75) is 43.6 Å². The maximum atomic E-state index is 12.4. The molecular weight excluding hydrogens is 262 g/mol. The first-order valence-corrected chi connectivity index (χ1v) is 7.61. The number of halogens is 1. The zero-order chi connectivity index (χ0) is 12.6. The summed E-state index contributed by atoms with van der Waals surface area (Å²) in [6, 6.07) is 0.144. The summed E-state index contributed by atoms with van der Waals surface area (Å²) in [5.41, 5.74) is 1.29. The monoisotopic (exact) mass is 277 g/mol. The van der Waals surface area contributed by atoms with E-state index in [2.05, 4.69) is 10.2 Å². The second-order valence-corrected chi connectivity index (χ2v) is 6.28. The summed E-state index contributed by atoms with van der Waals surface area (Å²) in [5, 5.41) is 6.67. The molecule has 17 heavy (non-hydrogen) atoms. The smallest absolute Gasteiger partial charge is 0.262 e. The molecule has 1 aromatic heterocycles. The topological polar surface area (TPSA) is 66.1 Å². The molecule has 1 saturated carbocycles. The van der Waals surface area contributed by atoms with Gasteiger partial charge in [-0.15, -0.1) is 11.6 Å². The van der Waals surface area contributed by atoms with Crippen molar-refractivity contribution in [3.8, 4) is 0 Å². The first-order valence-electron chi connectivity index (χ1n) is 5.64. The number of alkyl halides is 1. The molecule has 1 fully saturated rings. The maximum Gasteiger partial charge on any atom is 0.262 e. The van der Waals surface area contributed by atoms with Crippen LogP contribution in [0, 0.1) is 6.92 Å². The number of H-pyrrole nitrogens is 1. The third-order valence-electron chi connectivity index (χ3n) is 2.99. The van der Waals surface area contributed by atoms with Crippen LogP contribution in [-0.4, -0.2) is 35.5 Å². The fourth-order valence-electron chi connectivity index (χ4n) is 1.90. The first-order chi connectivity index (χ1) is 8.02. The Balaban J connectivity index is 2.43. The van der Waals surface area contributed by atoms with E-state index >= 15 is 0 Å². The van der Waals surface area contributed by atoms with Crippen LogP contribution >= 0.6 is 11.6 Å². The molecular formula is C10H16ClN3O2S. The van der Waals surface area contributed by atoms with Gasteiger partial charge in [-0.3, -0.25) is 5.10 Å². The van der Waals surface area contributed by atoms with Gasteiger partial charge in [-0.25, -0.2) is 8.42 Å². The molecule has 0 aliphatic heterocycles. The molecule has 0 saturated heterocycles. The lowest BCUT2D eigenvalue weighted by atomic mass is 10.3. The van der Waals surface area contributed by atoms with Gasteiger partial charge in [0.05, 0.1) is 5.88 Å². The first kappa shape index (κ1) is 12.9. The van der Waals surface area contributed by atoms with Crippen LogP contribution in [0.15, 0.2) is 5.03 Å². The van der Waals surface area contributed by atoms with Gasteiger partial charge in [0.15, 0.2) is 5.03 Å². The summed E-state index contributed by atoms with van der Waals surface area (Å²) < 4.78 is 26.4. The summed E-state index contributed by atoms with van der Waals surface area (Å²) in [4.78, 5) is 0. The zero-order valence-corrected chi connectivity index (χ0v) is 11.5. The highest BCUT2D eigenvalue weighted by atomic mass is 35.5. The molecule has 0 aromatic carbocycles. The highest BCUT2D eigenvalue weighted by Crippen LogP contribution is 2.32. The Hall–Kier alpha value is -0.590. The molecule has 0 spiro atoms. The third-order valence-corrected chi connectivity index (χ3v) is 5.26. The Labute approximate surface area is 106 Å². The lowest BCUT2D eigenvalue weighted by Crippen LogP contribution is -2.33. The predicted molar refractivity (Wildman–Crippen MR) is 65.5 cm³/mol. The Bertz CT molecular complexity index is 508. The third kappa shape index (κ3) is 2.21. The van der Waals surface area contributed by atoms with Gasteiger partial charge in [-0.1, -0.05) is 6.92 Å². The lowest BCUT2D eigenvalue weighted by Gasteiger charge is -2.18.